The number of nitrogens with zero attached hydrogens (tertiary/aromatic N) is 3. The molecule has 0 aliphatic carbocycles. The molecule has 1 heterocycles. The molecule has 1 aromatic carbocycles. The van der Waals surface area contributed by atoms with Crippen LogP contribution in [0.3, 0.4) is 0 Å². The number of hydrogen-bond donors (Lipinski definition) is 1. The molecule has 1 N–H and O–H groups in total. The third kappa shape index (κ3) is 3.32. The molecule has 0 radical (unpaired) electrons. The van der Waals surface area contributed by atoms with Crippen molar-refractivity contribution in [2.45, 2.75) is 20.0 Å². The van der Waals surface area contributed by atoms with Crippen LogP contribution in [-0.4, -0.2) is 14.9 Å². The maximum Gasteiger partial charge on any atom is 0.272 e. The molecule has 0 spiro atoms. The van der Waals surface area contributed by atoms with Gasteiger partial charge in [0.1, 0.15) is 6.33 Å². The Hall–Kier alpha value is -2.34. The zero-order valence-corrected chi connectivity index (χ0v) is 10.5. The molecule has 0 aliphatic rings. The summed E-state index contributed by atoms with van der Waals surface area (Å²) >= 11 is 0. The van der Waals surface area contributed by atoms with Crippen molar-refractivity contribution >= 4 is 5.69 Å². The van der Waals surface area contributed by atoms with Crippen LogP contribution in [0.2, 0.25) is 0 Å². The summed E-state index contributed by atoms with van der Waals surface area (Å²) in [4.78, 5) is 18.3. The second kappa shape index (κ2) is 6.01. The van der Waals surface area contributed by atoms with Crippen LogP contribution < -0.4 is 5.32 Å². The first-order chi connectivity index (χ1) is 9.18. The van der Waals surface area contributed by atoms with Gasteiger partial charge in [0.15, 0.2) is 0 Å². The highest BCUT2D eigenvalue weighted by molar-refractivity contribution is 5.44. The molecular weight excluding hydrogens is 244 g/mol. The predicted octanol–water partition coefficient (Wildman–Crippen LogP) is 1.98. The summed E-state index contributed by atoms with van der Waals surface area (Å²) in [5.74, 6) is 0. The average molecular weight is 258 g/mol. The molecule has 0 bridgehead atoms. The SMILES string of the molecule is Cc1c(CNCc2cncnc2)cccc1[N+](=O)[O-]. The van der Waals surface area contributed by atoms with Crippen LogP contribution in [0.25, 0.3) is 0 Å². The van der Waals surface area contributed by atoms with E-state index in [9.17, 15) is 10.1 Å². The first kappa shape index (κ1) is 13.1. The highest BCUT2D eigenvalue weighted by atomic mass is 16.6. The normalized spacial score (nSPS) is 10.4. The van der Waals surface area contributed by atoms with Gasteiger partial charge >= 0.3 is 0 Å². The van der Waals surface area contributed by atoms with Crippen molar-refractivity contribution < 1.29 is 4.92 Å². The molecule has 2 aromatic rings. The van der Waals surface area contributed by atoms with E-state index in [1.807, 2.05) is 6.07 Å². The standard InChI is InChI=1S/C13H14N4O2/c1-10-12(3-2-4-13(10)17(18)19)8-14-5-11-6-15-9-16-7-11/h2-4,6-7,9,14H,5,8H2,1H3. The van der Waals surface area contributed by atoms with Gasteiger partial charge in [-0.05, 0) is 12.5 Å². The molecule has 6 nitrogen and oxygen atoms in total. The van der Waals surface area contributed by atoms with Crippen molar-refractivity contribution in [2.24, 2.45) is 0 Å². The Morgan fingerprint density at radius 2 is 2.00 bits per heavy atom. The summed E-state index contributed by atoms with van der Waals surface area (Å²) in [6.07, 6.45) is 4.95. The van der Waals surface area contributed by atoms with Crippen LogP contribution in [-0.2, 0) is 13.1 Å². The second-order valence-corrected chi connectivity index (χ2v) is 4.17. The number of nitro groups is 1. The summed E-state index contributed by atoms with van der Waals surface area (Å²) < 4.78 is 0. The van der Waals surface area contributed by atoms with E-state index in [4.69, 9.17) is 0 Å². The predicted molar refractivity (Wildman–Crippen MR) is 70.4 cm³/mol. The molecule has 0 saturated heterocycles. The Bertz CT molecular complexity index is 572. The molecule has 98 valence electrons. The molecule has 0 fully saturated rings. The van der Waals surface area contributed by atoms with Crippen molar-refractivity contribution in [1.29, 1.82) is 0 Å². The third-order valence-electron chi connectivity index (χ3n) is 2.87. The van der Waals surface area contributed by atoms with Gasteiger partial charge in [-0.15, -0.1) is 0 Å². The Morgan fingerprint density at radius 1 is 1.26 bits per heavy atom. The van der Waals surface area contributed by atoms with E-state index in [1.165, 1.54) is 12.4 Å². The first-order valence-corrected chi connectivity index (χ1v) is 5.86. The van der Waals surface area contributed by atoms with Crippen LogP contribution in [0.15, 0.2) is 36.9 Å². The minimum absolute atomic E-state index is 0.155. The van der Waals surface area contributed by atoms with Gasteiger partial charge in [-0.2, -0.15) is 0 Å². The van der Waals surface area contributed by atoms with Crippen molar-refractivity contribution in [3.05, 3.63) is 63.7 Å². The summed E-state index contributed by atoms with van der Waals surface area (Å²) in [7, 11) is 0. The Balaban J connectivity index is 2.00. The van der Waals surface area contributed by atoms with E-state index >= 15 is 0 Å². The quantitative estimate of drug-likeness (QED) is 0.655. The number of hydrogen-bond acceptors (Lipinski definition) is 5. The number of nitrogens with one attached hydrogen (secondary N) is 1. The van der Waals surface area contributed by atoms with Gasteiger partial charge in [-0.3, -0.25) is 10.1 Å². The molecule has 0 atom stereocenters. The third-order valence-corrected chi connectivity index (χ3v) is 2.87. The highest BCUT2D eigenvalue weighted by Crippen LogP contribution is 2.20. The minimum Gasteiger partial charge on any atom is -0.308 e. The lowest BCUT2D eigenvalue weighted by molar-refractivity contribution is -0.385. The van der Waals surface area contributed by atoms with Gasteiger partial charge in [-0.1, -0.05) is 12.1 Å². The van der Waals surface area contributed by atoms with E-state index in [-0.39, 0.29) is 10.6 Å². The Kier molecular flexibility index (Phi) is 4.15. The first-order valence-electron chi connectivity index (χ1n) is 5.86. The lowest BCUT2D eigenvalue weighted by atomic mass is 10.1. The maximum atomic E-state index is 10.8. The van der Waals surface area contributed by atoms with E-state index in [0.717, 1.165) is 11.1 Å². The highest BCUT2D eigenvalue weighted by Gasteiger charge is 2.12. The molecule has 0 amide bonds. The van der Waals surface area contributed by atoms with E-state index in [1.54, 1.807) is 25.4 Å². The van der Waals surface area contributed by atoms with Gasteiger partial charge in [-0.25, -0.2) is 9.97 Å². The molecule has 2 rings (SSSR count). The van der Waals surface area contributed by atoms with Crippen LogP contribution >= 0.6 is 0 Å². The Morgan fingerprint density at radius 3 is 2.68 bits per heavy atom. The fourth-order valence-electron chi connectivity index (χ4n) is 1.82. The van der Waals surface area contributed by atoms with Crippen LogP contribution in [0, 0.1) is 17.0 Å². The van der Waals surface area contributed by atoms with E-state index < -0.39 is 0 Å². The van der Waals surface area contributed by atoms with Crippen LogP contribution in [0.4, 0.5) is 5.69 Å². The molecule has 6 heteroatoms. The van der Waals surface area contributed by atoms with E-state index in [0.29, 0.717) is 18.7 Å². The smallest absolute Gasteiger partial charge is 0.272 e. The molecule has 0 unspecified atom stereocenters. The van der Waals surface area contributed by atoms with Gasteiger partial charge in [0.25, 0.3) is 5.69 Å². The van der Waals surface area contributed by atoms with Gasteiger partial charge < -0.3 is 5.32 Å². The summed E-state index contributed by atoms with van der Waals surface area (Å²) in [5.41, 5.74) is 2.75. The van der Waals surface area contributed by atoms with Crippen molar-refractivity contribution in [1.82, 2.24) is 15.3 Å². The molecule has 1 aromatic heterocycles. The molecular formula is C13H14N4O2. The van der Waals surface area contributed by atoms with Crippen molar-refractivity contribution in [3.8, 4) is 0 Å². The number of nitro benzene ring substituents is 1. The number of aromatic nitrogens is 2. The summed E-state index contributed by atoms with van der Waals surface area (Å²) in [6, 6.07) is 5.11. The zero-order chi connectivity index (χ0) is 13.7. The molecule has 0 saturated carbocycles. The zero-order valence-electron chi connectivity index (χ0n) is 10.5. The lowest BCUT2D eigenvalue weighted by Gasteiger charge is -2.07. The second-order valence-electron chi connectivity index (χ2n) is 4.17. The fourth-order valence-corrected chi connectivity index (χ4v) is 1.82. The topological polar surface area (TPSA) is 81.0 Å². The summed E-state index contributed by atoms with van der Waals surface area (Å²) in [5, 5.41) is 14.1. The van der Waals surface area contributed by atoms with Crippen molar-refractivity contribution in [2.75, 3.05) is 0 Å². The average Bonchev–Trinajstić information content (AvgIpc) is 2.41. The number of rotatable bonds is 5. The van der Waals surface area contributed by atoms with Crippen LogP contribution in [0.5, 0.6) is 0 Å². The molecule has 19 heavy (non-hydrogen) atoms. The maximum absolute atomic E-state index is 10.8. The van der Waals surface area contributed by atoms with Crippen LogP contribution in [0.1, 0.15) is 16.7 Å². The number of benzene rings is 1. The van der Waals surface area contributed by atoms with Gasteiger partial charge in [0.05, 0.1) is 4.92 Å². The Labute approximate surface area is 110 Å². The van der Waals surface area contributed by atoms with Gasteiger partial charge in [0, 0.05) is 42.7 Å². The van der Waals surface area contributed by atoms with Crippen molar-refractivity contribution in [3.63, 3.8) is 0 Å². The minimum atomic E-state index is -0.357. The lowest BCUT2D eigenvalue weighted by Crippen LogP contribution is -2.14. The monoisotopic (exact) mass is 258 g/mol. The van der Waals surface area contributed by atoms with Gasteiger partial charge in [0.2, 0.25) is 0 Å². The summed E-state index contributed by atoms with van der Waals surface area (Å²) in [6.45, 7) is 2.96. The largest absolute Gasteiger partial charge is 0.308 e. The fraction of sp³-hybridized carbons (Fsp3) is 0.231. The van der Waals surface area contributed by atoms with E-state index in [2.05, 4.69) is 15.3 Å². The molecule has 0 aliphatic heterocycles.